The molecule has 0 saturated heterocycles. The van der Waals surface area contributed by atoms with Crippen molar-refractivity contribution < 1.29 is 13.2 Å². The van der Waals surface area contributed by atoms with E-state index < -0.39 is 12.7 Å². The lowest BCUT2D eigenvalue weighted by molar-refractivity contribution is -0.115. The van der Waals surface area contributed by atoms with Gasteiger partial charge in [-0.05, 0) is 6.92 Å². The molecular weight excluding hydrogens is 197 g/mol. The van der Waals surface area contributed by atoms with Crippen LogP contribution in [0, 0.1) is 6.92 Å². The van der Waals surface area contributed by atoms with Gasteiger partial charge in [-0.3, -0.25) is 4.68 Å². The molecule has 0 amide bonds. The molecule has 0 unspecified atom stereocenters. The molecule has 1 aromatic heterocycles. The van der Waals surface area contributed by atoms with E-state index in [0.29, 0.717) is 5.69 Å². The fourth-order valence-corrected chi connectivity index (χ4v) is 1.07. The second kappa shape index (κ2) is 3.39. The van der Waals surface area contributed by atoms with Gasteiger partial charge in [0.2, 0.25) is 0 Å². The monoisotopic (exact) mass is 208 g/mol. The van der Waals surface area contributed by atoms with E-state index in [4.69, 9.17) is 5.73 Å². The molecule has 0 radical (unpaired) electrons. The van der Waals surface area contributed by atoms with Gasteiger partial charge in [0.15, 0.2) is 0 Å². The third-order valence-corrected chi connectivity index (χ3v) is 1.72. The van der Waals surface area contributed by atoms with Crippen LogP contribution >= 0.6 is 0 Å². The first-order valence-corrected chi connectivity index (χ1v) is 3.91. The van der Waals surface area contributed by atoms with Gasteiger partial charge >= 0.3 is 6.18 Å². The average Bonchev–Trinajstić information content (AvgIpc) is 2.23. The Balaban J connectivity index is 2.77. The number of nitrogens with two attached hydrogens (primary N) is 1. The summed E-state index contributed by atoms with van der Waals surface area (Å²) < 4.78 is 36.9. The minimum Gasteiger partial charge on any atom is -0.394 e. The molecule has 0 bridgehead atoms. The highest BCUT2D eigenvalue weighted by molar-refractivity contribution is 5.64. The summed E-state index contributed by atoms with van der Waals surface area (Å²) in [5.41, 5.74) is 6.28. The molecule has 0 aliphatic rings. The Kier molecular flexibility index (Phi) is 2.59. The highest BCUT2D eigenvalue weighted by Gasteiger charge is 2.27. The molecule has 3 N–H and O–H groups in total. The maximum atomic E-state index is 11.9. The van der Waals surface area contributed by atoms with E-state index in [9.17, 15) is 13.2 Å². The molecule has 0 aromatic carbocycles. The molecule has 14 heavy (non-hydrogen) atoms. The van der Waals surface area contributed by atoms with Crippen LogP contribution in [-0.4, -0.2) is 22.5 Å². The van der Waals surface area contributed by atoms with E-state index in [1.165, 1.54) is 11.7 Å². The molecule has 4 nitrogen and oxygen atoms in total. The quantitative estimate of drug-likeness (QED) is 0.769. The molecule has 0 aliphatic heterocycles. The van der Waals surface area contributed by atoms with Crippen molar-refractivity contribution in [3.63, 3.8) is 0 Å². The van der Waals surface area contributed by atoms with Crippen LogP contribution in [-0.2, 0) is 7.05 Å². The number of aromatic nitrogens is 2. The first-order valence-electron chi connectivity index (χ1n) is 3.91. The van der Waals surface area contributed by atoms with Gasteiger partial charge in [0, 0.05) is 7.05 Å². The Labute approximate surface area is 78.9 Å². The van der Waals surface area contributed by atoms with Crippen molar-refractivity contribution in [2.45, 2.75) is 13.1 Å². The predicted octanol–water partition coefficient (Wildman–Crippen LogP) is 1.28. The van der Waals surface area contributed by atoms with Crippen LogP contribution < -0.4 is 11.1 Å². The third kappa shape index (κ3) is 2.30. The maximum absolute atomic E-state index is 11.9. The normalized spacial score (nSPS) is 11.8. The number of nitrogens with one attached hydrogen (secondary N) is 1. The van der Waals surface area contributed by atoms with E-state index >= 15 is 0 Å². The average molecular weight is 208 g/mol. The van der Waals surface area contributed by atoms with Crippen LogP contribution in [0.4, 0.5) is 24.7 Å². The van der Waals surface area contributed by atoms with E-state index in [1.807, 2.05) is 0 Å². The van der Waals surface area contributed by atoms with Crippen molar-refractivity contribution in [3.05, 3.63) is 5.69 Å². The first kappa shape index (κ1) is 10.7. The van der Waals surface area contributed by atoms with Gasteiger partial charge in [0.25, 0.3) is 0 Å². The molecule has 0 atom stereocenters. The number of anilines is 2. The van der Waals surface area contributed by atoms with E-state index in [-0.39, 0.29) is 11.5 Å². The largest absolute Gasteiger partial charge is 0.405 e. The summed E-state index contributed by atoms with van der Waals surface area (Å²) >= 11 is 0. The van der Waals surface area contributed by atoms with Crippen LogP contribution in [0.1, 0.15) is 5.69 Å². The van der Waals surface area contributed by atoms with Gasteiger partial charge < -0.3 is 11.1 Å². The van der Waals surface area contributed by atoms with Crippen molar-refractivity contribution in [1.82, 2.24) is 9.78 Å². The van der Waals surface area contributed by atoms with Crippen molar-refractivity contribution in [2.24, 2.45) is 7.05 Å². The van der Waals surface area contributed by atoms with Gasteiger partial charge in [-0.2, -0.15) is 18.3 Å². The molecule has 1 heterocycles. The number of hydrogen-bond donors (Lipinski definition) is 2. The summed E-state index contributed by atoms with van der Waals surface area (Å²) in [6.07, 6.45) is -4.26. The van der Waals surface area contributed by atoms with Crippen LogP contribution in [0.25, 0.3) is 0 Å². The molecule has 0 fully saturated rings. The fourth-order valence-electron chi connectivity index (χ4n) is 1.07. The Morgan fingerprint density at radius 1 is 1.50 bits per heavy atom. The van der Waals surface area contributed by atoms with Crippen molar-refractivity contribution >= 4 is 11.5 Å². The molecule has 80 valence electrons. The topological polar surface area (TPSA) is 55.9 Å². The summed E-state index contributed by atoms with van der Waals surface area (Å²) in [5.74, 6) is 0.194. The van der Waals surface area contributed by atoms with E-state index in [1.54, 1.807) is 6.92 Å². The van der Waals surface area contributed by atoms with Crippen LogP contribution in [0.5, 0.6) is 0 Å². The van der Waals surface area contributed by atoms with Crippen LogP contribution in [0.2, 0.25) is 0 Å². The summed E-state index contributed by atoms with van der Waals surface area (Å²) in [4.78, 5) is 0. The Hall–Kier alpha value is -1.40. The molecular formula is C7H11F3N4. The third-order valence-electron chi connectivity index (χ3n) is 1.72. The standard InChI is InChI=1S/C7H11F3N4/c1-4-5(11)6(14(2)13-4)12-3-7(8,9)10/h12H,3,11H2,1-2H3. The van der Waals surface area contributed by atoms with Gasteiger partial charge in [0.1, 0.15) is 12.4 Å². The lowest BCUT2D eigenvalue weighted by Gasteiger charge is -2.09. The Morgan fingerprint density at radius 2 is 2.07 bits per heavy atom. The minimum atomic E-state index is -4.26. The smallest absolute Gasteiger partial charge is 0.394 e. The fraction of sp³-hybridized carbons (Fsp3) is 0.571. The SMILES string of the molecule is Cc1nn(C)c(NCC(F)(F)F)c1N. The predicted molar refractivity (Wildman–Crippen MR) is 46.9 cm³/mol. The second-order valence-electron chi connectivity index (χ2n) is 2.94. The first-order chi connectivity index (χ1) is 6.31. The van der Waals surface area contributed by atoms with Gasteiger partial charge in [-0.1, -0.05) is 0 Å². The highest BCUT2D eigenvalue weighted by atomic mass is 19.4. The van der Waals surface area contributed by atoms with E-state index in [2.05, 4.69) is 10.4 Å². The number of hydrogen-bond acceptors (Lipinski definition) is 3. The zero-order chi connectivity index (χ0) is 10.9. The number of rotatable bonds is 2. The molecule has 7 heteroatoms. The summed E-state index contributed by atoms with van der Waals surface area (Å²) in [6, 6.07) is 0. The number of halogens is 3. The number of nitrogen functional groups attached to an aromatic ring is 1. The zero-order valence-corrected chi connectivity index (χ0v) is 7.81. The molecule has 1 rings (SSSR count). The molecule has 1 aromatic rings. The lowest BCUT2D eigenvalue weighted by Crippen LogP contribution is -2.22. The highest BCUT2D eigenvalue weighted by Crippen LogP contribution is 2.23. The van der Waals surface area contributed by atoms with Crippen LogP contribution in [0.15, 0.2) is 0 Å². The minimum absolute atomic E-state index is 0.194. The van der Waals surface area contributed by atoms with Crippen molar-refractivity contribution in [2.75, 3.05) is 17.6 Å². The number of aryl methyl sites for hydroxylation is 2. The van der Waals surface area contributed by atoms with Gasteiger partial charge in [-0.25, -0.2) is 0 Å². The lowest BCUT2D eigenvalue weighted by atomic mass is 10.4. The summed E-state index contributed by atoms with van der Waals surface area (Å²) in [5, 5.41) is 6.07. The molecule has 0 aliphatic carbocycles. The van der Waals surface area contributed by atoms with Crippen molar-refractivity contribution in [3.8, 4) is 0 Å². The molecule has 0 spiro atoms. The Bertz CT molecular complexity index is 328. The maximum Gasteiger partial charge on any atom is 0.405 e. The van der Waals surface area contributed by atoms with Crippen LogP contribution in [0.3, 0.4) is 0 Å². The van der Waals surface area contributed by atoms with Gasteiger partial charge in [-0.15, -0.1) is 0 Å². The second-order valence-corrected chi connectivity index (χ2v) is 2.94. The summed E-state index contributed by atoms with van der Waals surface area (Å²) in [7, 11) is 1.53. The Morgan fingerprint density at radius 3 is 2.43 bits per heavy atom. The van der Waals surface area contributed by atoms with E-state index in [0.717, 1.165) is 0 Å². The van der Waals surface area contributed by atoms with Crippen molar-refractivity contribution in [1.29, 1.82) is 0 Å². The van der Waals surface area contributed by atoms with Gasteiger partial charge in [0.05, 0.1) is 11.4 Å². The number of alkyl halides is 3. The number of nitrogens with zero attached hydrogens (tertiary/aromatic N) is 2. The summed E-state index contributed by atoms with van der Waals surface area (Å²) in [6.45, 7) is 0.518. The molecule has 0 saturated carbocycles. The zero-order valence-electron chi connectivity index (χ0n) is 7.81.